The van der Waals surface area contributed by atoms with Crippen LogP contribution < -0.4 is 10.5 Å². The first-order valence-corrected chi connectivity index (χ1v) is 5.20. The Hall–Kier alpha value is -1.55. The zero-order valence-corrected chi connectivity index (χ0v) is 9.56. The molecule has 1 aromatic carbocycles. The summed E-state index contributed by atoms with van der Waals surface area (Å²) < 4.78 is 5.43. The zero-order chi connectivity index (χ0) is 12.1. The van der Waals surface area contributed by atoms with Gasteiger partial charge >= 0.3 is 0 Å². The topological polar surface area (TPSA) is 72.6 Å². The molecule has 0 saturated carbocycles. The number of rotatable bonds is 5. The Kier molecular flexibility index (Phi) is 4.31. The SMILES string of the molecule is Cc1ccc([C@@H](C)O)c(OCCC(N)=O)c1. The minimum Gasteiger partial charge on any atom is -0.493 e. The smallest absolute Gasteiger partial charge is 0.220 e. The lowest BCUT2D eigenvalue weighted by Crippen LogP contribution is -2.15. The second-order valence-corrected chi connectivity index (χ2v) is 3.78. The van der Waals surface area contributed by atoms with E-state index in [1.54, 1.807) is 6.92 Å². The minimum absolute atomic E-state index is 0.174. The maximum Gasteiger partial charge on any atom is 0.220 e. The zero-order valence-electron chi connectivity index (χ0n) is 9.56. The van der Waals surface area contributed by atoms with Gasteiger partial charge in [0, 0.05) is 5.56 Å². The quantitative estimate of drug-likeness (QED) is 0.790. The van der Waals surface area contributed by atoms with Crippen molar-refractivity contribution >= 4 is 5.91 Å². The minimum atomic E-state index is -0.593. The van der Waals surface area contributed by atoms with Gasteiger partial charge in [-0.3, -0.25) is 4.79 Å². The Morgan fingerprint density at radius 2 is 2.25 bits per heavy atom. The number of hydrogen-bond donors (Lipinski definition) is 2. The van der Waals surface area contributed by atoms with Crippen LogP contribution in [-0.4, -0.2) is 17.6 Å². The molecule has 3 N–H and O–H groups in total. The second-order valence-electron chi connectivity index (χ2n) is 3.78. The van der Waals surface area contributed by atoms with E-state index < -0.39 is 12.0 Å². The van der Waals surface area contributed by atoms with Gasteiger partial charge in [-0.15, -0.1) is 0 Å². The molecule has 0 heterocycles. The van der Waals surface area contributed by atoms with E-state index in [0.29, 0.717) is 5.75 Å². The standard InChI is InChI=1S/C12H17NO3/c1-8-3-4-10(9(2)14)11(7-8)16-6-5-12(13)15/h3-4,7,9,14H,5-6H2,1-2H3,(H2,13,15)/t9-/m1/s1. The first-order valence-electron chi connectivity index (χ1n) is 5.20. The van der Waals surface area contributed by atoms with Gasteiger partial charge in [0.25, 0.3) is 0 Å². The van der Waals surface area contributed by atoms with E-state index in [2.05, 4.69) is 0 Å². The summed E-state index contributed by atoms with van der Waals surface area (Å²) in [6, 6.07) is 5.56. The fraction of sp³-hybridized carbons (Fsp3) is 0.417. The van der Waals surface area contributed by atoms with Crippen LogP contribution in [0.4, 0.5) is 0 Å². The van der Waals surface area contributed by atoms with Gasteiger partial charge in [-0.1, -0.05) is 12.1 Å². The number of ether oxygens (including phenoxy) is 1. The highest BCUT2D eigenvalue weighted by atomic mass is 16.5. The van der Waals surface area contributed by atoms with E-state index in [9.17, 15) is 9.90 Å². The maximum absolute atomic E-state index is 10.6. The average molecular weight is 223 g/mol. The van der Waals surface area contributed by atoms with Gasteiger partial charge in [0.15, 0.2) is 0 Å². The number of primary amides is 1. The number of aryl methyl sites for hydroxylation is 1. The maximum atomic E-state index is 10.6. The lowest BCUT2D eigenvalue weighted by atomic mass is 10.1. The molecule has 4 nitrogen and oxygen atoms in total. The van der Waals surface area contributed by atoms with E-state index in [1.807, 2.05) is 25.1 Å². The van der Waals surface area contributed by atoms with Gasteiger partial charge < -0.3 is 15.6 Å². The van der Waals surface area contributed by atoms with Crippen LogP contribution in [0.5, 0.6) is 5.75 Å². The van der Waals surface area contributed by atoms with Gasteiger partial charge in [0.05, 0.1) is 19.1 Å². The molecule has 0 saturated heterocycles. The Morgan fingerprint density at radius 3 is 2.81 bits per heavy atom. The van der Waals surface area contributed by atoms with Crippen LogP contribution in [0.2, 0.25) is 0 Å². The summed E-state index contributed by atoms with van der Waals surface area (Å²) in [6.07, 6.45) is -0.420. The summed E-state index contributed by atoms with van der Waals surface area (Å²) in [5, 5.41) is 9.53. The fourth-order valence-electron chi connectivity index (χ4n) is 1.37. The predicted molar refractivity (Wildman–Crippen MR) is 61.1 cm³/mol. The largest absolute Gasteiger partial charge is 0.493 e. The summed E-state index contributed by atoms with van der Waals surface area (Å²) in [5.41, 5.74) is 6.77. The summed E-state index contributed by atoms with van der Waals surface area (Å²) in [7, 11) is 0. The number of benzene rings is 1. The van der Waals surface area contributed by atoms with Crippen molar-refractivity contribution in [2.45, 2.75) is 26.4 Å². The van der Waals surface area contributed by atoms with Crippen molar-refractivity contribution in [3.8, 4) is 5.75 Å². The Balaban J connectivity index is 2.76. The Labute approximate surface area is 95.0 Å². The lowest BCUT2D eigenvalue weighted by molar-refractivity contribution is -0.118. The molecule has 0 bridgehead atoms. The van der Waals surface area contributed by atoms with Crippen molar-refractivity contribution in [3.05, 3.63) is 29.3 Å². The molecule has 0 spiro atoms. The molecule has 0 aliphatic rings. The molecule has 0 fully saturated rings. The van der Waals surface area contributed by atoms with Gasteiger partial charge in [0.1, 0.15) is 5.75 Å². The monoisotopic (exact) mass is 223 g/mol. The lowest BCUT2D eigenvalue weighted by Gasteiger charge is -2.13. The molecule has 1 aromatic rings. The van der Waals surface area contributed by atoms with Crippen molar-refractivity contribution in [3.63, 3.8) is 0 Å². The Bertz CT molecular complexity index is 375. The fourth-order valence-corrected chi connectivity index (χ4v) is 1.37. The van der Waals surface area contributed by atoms with Crippen molar-refractivity contribution in [1.82, 2.24) is 0 Å². The van der Waals surface area contributed by atoms with Gasteiger partial charge in [-0.2, -0.15) is 0 Å². The van der Waals surface area contributed by atoms with Crippen LogP contribution in [-0.2, 0) is 4.79 Å². The van der Waals surface area contributed by atoms with E-state index in [4.69, 9.17) is 10.5 Å². The summed E-state index contributed by atoms with van der Waals surface area (Å²) >= 11 is 0. The molecule has 88 valence electrons. The van der Waals surface area contributed by atoms with E-state index in [1.165, 1.54) is 0 Å². The molecule has 0 radical (unpaired) electrons. The number of carbonyl (C=O) groups excluding carboxylic acids is 1. The van der Waals surface area contributed by atoms with Crippen LogP contribution in [0.3, 0.4) is 0 Å². The van der Waals surface area contributed by atoms with Gasteiger partial charge in [0.2, 0.25) is 5.91 Å². The van der Waals surface area contributed by atoms with Crippen LogP contribution in [0.1, 0.15) is 30.6 Å². The van der Waals surface area contributed by atoms with Crippen LogP contribution in [0.25, 0.3) is 0 Å². The summed E-state index contributed by atoms with van der Waals surface area (Å²) in [4.78, 5) is 10.6. The molecule has 0 aliphatic heterocycles. The highest BCUT2D eigenvalue weighted by Gasteiger charge is 2.09. The molecule has 1 rings (SSSR count). The van der Waals surface area contributed by atoms with Crippen molar-refractivity contribution in [2.24, 2.45) is 5.73 Å². The van der Waals surface area contributed by atoms with Crippen molar-refractivity contribution in [2.75, 3.05) is 6.61 Å². The third kappa shape index (κ3) is 3.55. The molecule has 0 unspecified atom stereocenters. The van der Waals surface area contributed by atoms with E-state index in [0.717, 1.165) is 11.1 Å². The molecule has 0 aliphatic carbocycles. The number of carbonyl (C=O) groups is 1. The first-order chi connectivity index (χ1) is 7.50. The molecular formula is C12H17NO3. The predicted octanol–water partition coefficient (Wildman–Crippen LogP) is 1.30. The average Bonchev–Trinajstić information content (AvgIpc) is 2.16. The third-order valence-corrected chi connectivity index (χ3v) is 2.23. The van der Waals surface area contributed by atoms with E-state index in [-0.39, 0.29) is 13.0 Å². The number of nitrogens with two attached hydrogens (primary N) is 1. The highest BCUT2D eigenvalue weighted by molar-refractivity contribution is 5.73. The van der Waals surface area contributed by atoms with Crippen molar-refractivity contribution in [1.29, 1.82) is 0 Å². The summed E-state index contributed by atoms with van der Waals surface area (Å²) in [6.45, 7) is 3.84. The number of aliphatic hydroxyl groups excluding tert-OH is 1. The number of aliphatic hydroxyl groups is 1. The molecule has 0 aromatic heterocycles. The van der Waals surface area contributed by atoms with Gasteiger partial charge in [-0.25, -0.2) is 0 Å². The van der Waals surface area contributed by atoms with Crippen LogP contribution >= 0.6 is 0 Å². The normalized spacial score (nSPS) is 12.2. The first kappa shape index (κ1) is 12.5. The number of hydrogen-bond acceptors (Lipinski definition) is 3. The molecular weight excluding hydrogens is 206 g/mol. The van der Waals surface area contributed by atoms with Crippen LogP contribution in [0.15, 0.2) is 18.2 Å². The molecule has 1 amide bonds. The molecule has 1 atom stereocenters. The third-order valence-electron chi connectivity index (χ3n) is 2.23. The highest BCUT2D eigenvalue weighted by Crippen LogP contribution is 2.26. The van der Waals surface area contributed by atoms with Gasteiger partial charge in [-0.05, 0) is 25.5 Å². The second kappa shape index (κ2) is 5.51. The molecule has 4 heteroatoms. The Morgan fingerprint density at radius 1 is 1.56 bits per heavy atom. The molecule has 16 heavy (non-hydrogen) atoms. The number of amides is 1. The van der Waals surface area contributed by atoms with Crippen molar-refractivity contribution < 1.29 is 14.6 Å². The van der Waals surface area contributed by atoms with Crippen LogP contribution in [0, 0.1) is 6.92 Å². The summed E-state index contributed by atoms with van der Waals surface area (Å²) in [5.74, 6) is 0.211. The van der Waals surface area contributed by atoms with E-state index >= 15 is 0 Å².